The second-order valence-electron chi connectivity index (χ2n) is 4.46. The number of carboxylic acids is 1. The molecule has 0 radical (unpaired) electrons. The van der Waals surface area contributed by atoms with Gasteiger partial charge in [0.15, 0.2) is 0 Å². The number of aryl methyl sites for hydroxylation is 2. The summed E-state index contributed by atoms with van der Waals surface area (Å²) in [5, 5.41) is 10.7. The van der Waals surface area contributed by atoms with E-state index in [9.17, 15) is 9.59 Å². The average molecular weight is 294 g/mol. The Morgan fingerprint density at radius 2 is 2.10 bits per heavy atom. The van der Waals surface area contributed by atoms with Crippen LogP contribution in [-0.2, 0) is 6.54 Å². The van der Waals surface area contributed by atoms with Gasteiger partial charge < -0.3 is 14.4 Å². The number of hydrogen-bond acceptors (Lipinski definition) is 5. The first kappa shape index (κ1) is 14.3. The number of carbonyl (C=O) groups excluding carboxylic acids is 1. The summed E-state index contributed by atoms with van der Waals surface area (Å²) in [5.74, 6) is -0.426. The van der Waals surface area contributed by atoms with Gasteiger partial charge in [-0.3, -0.25) is 4.79 Å². The maximum absolute atomic E-state index is 12.2. The predicted octanol–water partition coefficient (Wildman–Crippen LogP) is 2.32. The number of amides is 1. The first-order valence-electron chi connectivity index (χ1n) is 5.89. The van der Waals surface area contributed by atoms with Crippen molar-refractivity contribution in [1.29, 1.82) is 0 Å². The average Bonchev–Trinajstić information content (AvgIpc) is 2.94. The molecule has 7 heteroatoms. The summed E-state index contributed by atoms with van der Waals surface area (Å²) in [7, 11) is 1.64. The standard InChI is InChI=1S/C13H14N2O4S/c1-7-11(6-20-14-7)12(16)15(3)5-9-4-10(13(17)18)8(2)19-9/h4,6H,5H2,1-3H3,(H,17,18). The molecule has 6 nitrogen and oxygen atoms in total. The van der Waals surface area contributed by atoms with Crippen LogP contribution >= 0.6 is 11.5 Å². The highest BCUT2D eigenvalue weighted by Gasteiger charge is 2.19. The molecule has 0 aromatic carbocycles. The van der Waals surface area contributed by atoms with Gasteiger partial charge in [-0.05, 0) is 31.4 Å². The number of nitrogens with zero attached hydrogens (tertiary/aromatic N) is 2. The Bertz CT molecular complexity index is 659. The highest BCUT2D eigenvalue weighted by molar-refractivity contribution is 7.03. The molecule has 1 N–H and O–H groups in total. The molecule has 0 aliphatic carbocycles. The van der Waals surface area contributed by atoms with Crippen molar-refractivity contribution in [3.63, 3.8) is 0 Å². The lowest BCUT2D eigenvalue weighted by Gasteiger charge is -2.15. The smallest absolute Gasteiger partial charge is 0.339 e. The Morgan fingerprint density at radius 3 is 2.60 bits per heavy atom. The minimum absolute atomic E-state index is 0.120. The Kier molecular flexibility index (Phi) is 3.89. The summed E-state index contributed by atoms with van der Waals surface area (Å²) >= 11 is 1.23. The Morgan fingerprint density at radius 1 is 1.40 bits per heavy atom. The summed E-state index contributed by atoms with van der Waals surface area (Å²) in [6.45, 7) is 3.57. The molecule has 2 heterocycles. The quantitative estimate of drug-likeness (QED) is 0.935. The third kappa shape index (κ3) is 2.72. The van der Waals surface area contributed by atoms with Crippen LogP contribution in [-0.4, -0.2) is 33.3 Å². The van der Waals surface area contributed by atoms with Crippen LogP contribution in [0, 0.1) is 13.8 Å². The lowest BCUT2D eigenvalue weighted by atomic mass is 10.2. The first-order valence-corrected chi connectivity index (χ1v) is 6.73. The minimum Gasteiger partial charge on any atom is -0.478 e. The highest BCUT2D eigenvalue weighted by atomic mass is 32.1. The normalized spacial score (nSPS) is 10.6. The number of aromatic carboxylic acids is 1. The van der Waals surface area contributed by atoms with Gasteiger partial charge in [0.25, 0.3) is 5.91 Å². The van der Waals surface area contributed by atoms with E-state index in [1.54, 1.807) is 26.3 Å². The van der Waals surface area contributed by atoms with Gasteiger partial charge in [0.05, 0.1) is 17.8 Å². The van der Waals surface area contributed by atoms with Crippen LogP contribution in [0.3, 0.4) is 0 Å². The number of carboxylic acid groups (broad SMARTS) is 1. The third-order valence-electron chi connectivity index (χ3n) is 2.92. The summed E-state index contributed by atoms with van der Waals surface area (Å²) in [4.78, 5) is 24.6. The fourth-order valence-electron chi connectivity index (χ4n) is 1.84. The molecule has 0 spiro atoms. The van der Waals surface area contributed by atoms with Gasteiger partial charge in [-0.15, -0.1) is 0 Å². The van der Waals surface area contributed by atoms with Gasteiger partial charge in [0.1, 0.15) is 17.1 Å². The van der Waals surface area contributed by atoms with Gasteiger partial charge in [-0.25, -0.2) is 4.79 Å². The largest absolute Gasteiger partial charge is 0.478 e. The molecule has 0 saturated carbocycles. The van der Waals surface area contributed by atoms with Crippen molar-refractivity contribution in [2.24, 2.45) is 0 Å². The van der Waals surface area contributed by atoms with E-state index < -0.39 is 5.97 Å². The van der Waals surface area contributed by atoms with Crippen molar-refractivity contribution in [1.82, 2.24) is 9.27 Å². The number of rotatable bonds is 4. The molecule has 0 atom stereocenters. The van der Waals surface area contributed by atoms with Gasteiger partial charge in [0, 0.05) is 12.4 Å². The fourth-order valence-corrected chi connectivity index (χ4v) is 2.53. The van der Waals surface area contributed by atoms with Crippen molar-refractivity contribution in [3.05, 3.63) is 39.8 Å². The monoisotopic (exact) mass is 294 g/mol. The fraction of sp³-hybridized carbons (Fsp3) is 0.308. The molecular weight excluding hydrogens is 280 g/mol. The molecule has 106 valence electrons. The van der Waals surface area contributed by atoms with Crippen LogP contribution in [0.2, 0.25) is 0 Å². The molecular formula is C13H14N2O4S. The van der Waals surface area contributed by atoms with E-state index in [4.69, 9.17) is 9.52 Å². The number of hydrogen-bond donors (Lipinski definition) is 1. The molecule has 0 aliphatic heterocycles. The van der Waals surface area contributed by atoms with Crippen LogP contribution in [0.4, 0.5) is 0 Å². The number of carbonyl (C=O) groups is 2. The lowest BCUT2D eigenvalue weighted by molar-refractivity contribution is 0.0694. The van der Waals surface area contributed by atoms with Gasteiger partial charge >= 0.3 is 5.97 Å². The lowest BCUT2D eigenvalue weighted by Crippen LogP contribution is -2.26. The summed E-state index contributed by atoms with van der Waals surface area (Å²) in [5.41, 5.74) is 1.36. The Hall–Kier alpha value is -2.15. The topological polar surface area (TPSA) is 83.6 Å². The maximum atomic E-state index is 12.2. The van der Waals surface area contributed by atoms with Crippen molar-refractivity contribution < 1.29 is 19.1 Å². The molecule has 2 aromatic rings. The second-order valence-corrected chi connectivity index (χ2v) is 5.09. The van der Waals surface area contributed by atoms with Crippen LogP contribution in [0.5, 0.6) is 0 Å². The van der Waals surface area contributed by atoms with E-state index in [0.717, 1.165) is 0 Å². The summed E-state index contributed by atoms with van der Waals surface area (Å²) in [6.07, 6.45) is 0. The number of furan rings is 1. The highest BCUT2D eigenvalue weighted by Crippen LogP contribution is 2.18. The van der Waals surface area contributed by atoms with Crippen LogP contribution in [0.1, 0.15) is 37.9 Å². The number of aromatic nitrogens is 1. The van der Waals surface area contributed by atoms with Crippen molar-refractivity contribution in [2.45, 2.75) is 20.4 Å². The molecule has 2 aromatic heterocycles. The van der Waals surface area contributed by atoms with Crippen LogP contribution in [0.25, 0.3) is 0 Å². The Labute approximate surface area is 119 Å². The molecule has 0 saturated heterocycles. The molecule has 0 unspecified atom stereocenters. The molecule has 20 heavy (non-hydrogen) atoms. The molecule has 0 aliphatic rings. The van der Waals surface area contributed by atoms with E-state index in [0.29, 0.717) is 22.8 Å². The summed E-state index contributed by atoms with van der Waals surface area (Å²) in [6, 6.07) is 1.44. The van der Waals surface area contributed by atoms with Gasteiger partial charge in [-0.1, -0.05) is 0 Å². The molecule has 1 amide bonds. The maximum Gasteiger partial charge on any atom is 0.339 e. The van der Waals surface area contributed by atoms with Gasteiger partial charge in [0.2, 0.25) is 0 Å². The first-order chi connectivity index (χ1) is 9.40. The minimum atomic E-state index is -1.04. The van der Waals surface area contributed by atoms with Crippen LogP contribution in [0.15, 0.2) is 15.9 Å². The zero-order chi connectivity index (χ0) is 14.9. The second kappa shape index (κ2) is 5.46. The molecule has 2 rings (SSSR count). The predicted molar refractivity (Wildman–Crippen MR) is 73.1 cm³/mol. The zero-order valence-corrected chi connectivity index (χ0v) is 12.2. The molecule has 0 fully saturated rings. The summed E-state index contributed by atoms with van der Waals surface area (Å²) < 4.78 is 9.42. The van der Waals surface area contributed by atoms with E-state index in [-0.39, 0.29) is 18.0 Å². The zero-order valence-electron chi connectivity index (χ0n) is 11.3. The third-order valence-corrected chi connectivity index (χ3v) is 3.64. The van der Waals surface area contributed by atoms with E-state index in [2.05, 4.69) is 4.37 Å². The van der Waals surface area contributed by atoms with Crippen molar-refractivity contribution in [3.8, 4) is 0 Å². The van der Waals surface area contributed by atoms with E-state index in [1.165, 1.54) is 22.5 Å². The van der Waals surface area contributed by atoms with E-state index in [1.807, 2.05) is 0 Å². The molecule has 0 bridgehead atoms. The van der Waals surface area contributed by atoms with Gasteiger partial charge in [-0.2, -0.15) is 4.37 Å². The van der Waals surface area contributed by atoms with Crippen molar-refractivity contribution >= 4 is 23.4 Å². The Balaban J connectivity index is 2.14. The van der Waals surface area contributed by atoms with Crippen LogP contribution < -0.4 is 0 Å². The van der Waals surface area contributed by atoms with Crippen molar-refractivity contribution in [2.75, 3.05) is 7.05 Å². The van der Waals surface area contributed by atoms with E-state index >= 15 is 0 Å². The SMILES string of the molecule is Cc1nscc1C(=O)N(C)Cc1cc(C(=O)O)c(C)o1.